The second-order valence-corrected chi connectivity index (χ2v) is 9.60. The Labute approximate surface area is 211 Å². The largest absolute Gasteiger partial charge is 0.494 e. The fourth-order valence-electron chi connectivity index (χ4n) is 3.46. The standard InChI is InChI=1S/C27H22Cl2O6/c1-27(2,3)15-5-7-16(8-6-15)34-22-14-33-21-13-17(9-10-18(21)24(22)30)35-26(31)23-19(28)11-12-20(29)25(23)32-4/h5-14H,1-4H3. The Kier molecular flexibility index (Phi) is 6.79. The zero-order valence-corrected chi connectivity index (χ0v) is 21.0. The molecule has 4 aromatic rings. The Morgan fingerprint density at radius 2 is 1.57 bits per heavy atom. The summed E-state index contributed by atoms with van der Waals surface area (Å²) in [6.45, 7) is 6.35. The lowest BCUT2D eigenvalue weighted by atomic mass is 9.87. The number of hydrogen-bond donors (Lipinski definition) is 0. The highest BCUT2D eigenvalue weighted by Crippen LogP contribution is 2.35. The van der Waals surface area contributed by atoms with Crippen molar-refractivity contribution in [2.24, 2.45) is 0 Å². The first kappa shape index (κ1) is 24.6. The summed E-state index contributed by atoms with van der Waals surface area (Å²) in [4.78, 5) is 25.7. The molecule has 0 unspecified atom stereocenters. The van der Waals surface area contributed by atoms with Crippen molar-refractivity contribution in [2.45, 2.75) is 26.2 Å². The van der Waals surface area contributed by atoms with E-state index in [1.165, 1.54) is 43.7 Å². The Balaban J connectivity index is 1.59. The molecule has 0 radical (unpaired) electrons. The van der Waals surface area contributed by atoms with E-state index < -0.39 is 5.97 Å². The number of benzene rings is 3. The molecule has 0 aliphatic carbocycles. The number of hydrogen-bond acceptors (Lipinski definition) is 6. The summed E-state index contributed by atoms with van der Waals surface area (Å²) in [5.41, 5.74) is 1.01. The second kappa shape index (κ2) is 9.64. The molecule has 0 fully saturated rings. The third-order valence-electron chi connectivity index (χ3n) is 5.34. The maximum absolute atomic E-state index is 12.9. The number of methoxy groups -OCH3 is 1. The topological polar surface area (TPSA) is 75.0 Å². The molecule has 0 saturated carbocycles. The normalized spacial score (nSPS) is 11.4. The van der Waals surface area contributed by atoms with Gasteiger partial charge in [0.15, 0.2) is 5.75 Å². The molecule has 6 nitrogen and oxygen atoms in total. The monoisotopic (exact) mass is 512 g/mol. The number of esters is 1. The summed E-state index contributed by atoms with van der Waals surface area (Å²) in [6, 6.07) is 14.9. The van der Waals surface area contributed by atoms with Crippen LogP contribution in [-0.4, -0.2) is 13.1 Å². The predicted octanol–water partition coefficient (Wildman–Crippen LogP) is 7.42. The summed E-state index contributed by atoms with van der Waals surface area (Å²) in [5, 5.41) is 0.613. The van der Waals surface area contributed by atoms with Crippen LogP contribution in [-0.2, 0) is 5.41 Å². The van der Waals surface area contributed by atoms with E-state index in [1.54, 1.807) is 0 Å². The second-order valence-electron chi connectivity index (χ2n) is 8.79. The quantitative estimate of drug-likeness (QED) is 0.204. The van der Waals surface area contributed by atoms with Gasteiger partial charge in [0.2, 0.25) is 11.2 Å². The Morgan fingerprint density at radius 3 is 2.23 bits per heavy atom. The van der Waals surface area contributed by atoms with Gasteiger partial charge in [-0.05, 0) is 47.4 Å². The van der Waals surface area contributed by atoms with E-state index in [1.807, 2.05) is 24.3 Å². The average molecular weight is 513 g/mol. The van der Waals surface area contributed by atoms with Gasteiger partial charge in [-0.3, -0.25) is 4.79 Å². The van der Waals surface area contributed by atoms with E-state index in [-0.39, 0.29) is 54.7 Å². The van der Waals surface area contributed by atoms with Gasteiger partial charge in [-0.2, -0.15) is 0 Å². The first-order valence-electron chi connectivity index (χ1n) is 10.7. The molecule has 0 aliphatic heterocycles. The highest BCUT2D eigenvalue weighted by molar-refractivity contribution is 6.37. The summed E-state index contributed by atoms with van der Waals surface area (Å²) in [5.74, 6) is 0.0439. The zero-order chi connectivity index (χ0) is 25.3. The lowest BCUT2D eigenvalue weighted by molar-refractivity contribution is 0.0731. The molecule has 0 aliphatic rings. The van der Waals surface area contributed by atoms with Crippen LogP contribution in [0.5, 0.6) is 23.0 Å². The van der Waals surface area contributed by atoms with Crippen molar-refractivity contribution in [3.8, 4) is 23.0 Å². The Bertz CT molecular complexity index is 1470. The molecule has 0 bridgehead atoms. The summed E-state index contributed by atoms with van der Waals surface area (Å²) in [6.07, 6.45) is 1.23. The highest BCUT2D eigenvalue weighted by Gasteiger charge is 2.22. The van der Waals surface area contributed by atoms with Crippen LogP contribution in [0.1, 0.15) is 36.7 Å². The van der Waals surface area contributed by atoms with Gasteiger partial charge in [0, 0.05) is 6.07 Å². The molecule has 0 atom stereocenters. The lowest BCUT2D eigenvalue weighted by Gasteiger charge is -2.19. The third-order valence-corrected chi connectivity index (χ3v) is 5.95. The maximum atomic E-state index is 12.9. The van der Waals surface area contributed by atoms with Crippen LogP contribution in [0.15, 0.2) is 70.1 Å². The minimum Gasteiger partial charge on any atom is -0.494 e. The molecular formula is C27H22Cl2O6. The number of halogens is 2. The number of rotatable bonds is 5. The first-order chi connectivity index (χ1) is 16.6. The Hall–Kier alpha value is -3.48. The van der Waals surface area contributed by atoms with Crippen molar-refractivity contribution < 1.29 is 23.4 Å². The van der Waals surface area contributed by atoms with Crippen LogP contribution in [0.3, 0.4) is 0 Å². The molecule has 180 valence electrons. The summed E-state index contributed by atoms with van der Waals surface area (Å²) < 4.78 is 22.0. The van der Waals surface area contributed by atoms with Gasteiger partial charge < -0.3 is 18.6 Å². The molecule has 4 rings (SSSR count). The minimum absolute atomic E-state index is 0.00487. The molecule has 1 heterocycles. The van der Waals surface area contributed by atoms with Gasteiger partial charge in [0.25, 0.3) is 0 Å². The molecule has 0 saturated heterocycles. The summed E-state index contributed by atoms with van der Waals surface area (Å²) >= 11 is 12.2. The fraction of sp³-hybridized carbons (Fsp3) is 0.185. The van der Waals surface area contributed by atoms with Crippen LogP contribution in [0, 0.1) is 0 Å². The molecule has 8 heteroatoms. The van der Waals surface area contributed by atoms with Gasteiger partial charge >= 0.3 is 5.97 Å². The van der Waals surface area contributed by atoms with Crippen molar-refractivity contribution in [1.29, 1.82) is 0 Å². The van der Waals surface area contributed by atoms with Crippen LogP contribution < -0.4 is 19.6 Å². The molecule has 0 amide bonds. The van der Waals surface area contributed by atoms with Crippen molar-refractivity contribution in [2.75, 3.05) is 7.11 Å². The van der Waals surface area contributed by atoms with Crippen molar-refractivity contribution in [1.82, 2.24) is 0 Å². The number of carbonyl (C=O) groups excluding carboxylic acids is 1. The Morgan fingerprint density at radius 1 is 0.914 bits per heavy atom. The van der Waals surface area contributed by atoms with E-state index in [2.05, 4.69) is 20.8 Å². The van der Waals surface area contributed by atoms with Gasteiger partial charge in [-0.15, -0.1) is 0 Å². The first-order valence-corrected chi connectivity index (χ1v) is 11.4. The van der Waals surface area contributed by atoms with E-state index in [4.69, 9.17) is 41.8 Å². The molecule has 0 spiro atoms. The van der Waals surface area contributed by atoms with Crippen LogP contribution in [0.2, 0.25) is 10.0 Å². The zero-order valence-electron chi connectivity index (χ0n) is 19.5. The molecular weight excluding hydrogens is 491 g/mol. The van der Waals surface area contributed by atoms with E-state index >= 15 is 0 Å². The van der Waals surface area contributed by atoms with E-state index in [9.17, 15) is 9.59 Å². The molecule has 3 aromatic carbocycles. The maximum Gasteiger partial charge on any atom is 0.348 e. The minimum atomic E-state index is -0.769. The van der Waals surface area contributed by atoms with Crippen molar-refractivity contribution in [3.05, 3.63) is 92.3 Å². The molecule has 0 N–H and O–H groups in total. The number of carbonyl (C=O) groups is 1. The number of ether oxygens (including phenoxy) is 3. The molecule has 1 aromatic heterocycles. The van der Waals surface area contributed by atoms with Gasteiger partial charge in [-0.1, -0.05) is 56.1 Å². The summed E-state index contributed by atoms with van der Waals surface area (Å²) in [7, 11) is 1.37. The SMILES string of the molecule is COc1c(Cl)ccc(Cl)c1C(=O)Oc1ccc2c(=O)c(Oc3ccc(C(C)(C)C)cc3)coc2c1. The van der Waals surface area contributed by atoms with E-state index in [0.717, 1.165) is 5.56 Å². The van der Waals surface area contributed by atoms with Gasteiger partial charge in [0.05, 0.1) is 22.5 Å². The average Bonchev–Trinajstić information content (AvgIpc) is 2.81. The third kappa shape index (κ3) is 5.14. The van der Waals surface area contributed by atoms with Gasteiger partial charge in [0.1, 0.15) is 28.9 Å². The smallest absolute Gasteiger partial charge is 0.348 e. The highest BCUT2D eigenvalue weighted by atomic mass is 35.5. The van der Waals surface area contributed by atoms with E-state index in [0.29, 0.717) is 5.75 Å². The van der Waals surface area contributed by atoms with Crippen molar-refractivity contribution in [3.63, 3.8) is 0 Å². The predicted molar refractivity (Wildman–Crippen MR) is 136 cm³/mol. The number of fused-ring (bicyclic) bond motifs is 1. The molecule has 35 heavy (non-hydrogen) atoms. The van der Waals surface area contributed by atoms with Crippen molar-refractivity contribution >= 4 is 40.1 Å². The van der Waals surface area contributed by atoms with Gasteiger partial charge in [-0.25, -0.2) is 4.79 Å². The van der Waals surface area contributed by atoms with Crippen LogP contribution in [0.4, 0.5) is 0 Å². The fourth-order valence-corrected chi connectivity index (χ4v) is 3.92. The lowest BCUT2D eigenvalue weighted by Crippen LogP contribution is -2.12. The van der Waals surface area contributed by atoms with Crippen LogP contribution in [0.25, 0.3) is 11.0 Å². The van der Waals surface area contributed by atoms with Crippen LogP contribution >= 0.6 is 23.2 Å².